The summed E-state index contributed by atoms with van der Waals surface area (Å²) in [5.74, 6) is 0.138. The van der Waals surface area contributed by atoms with Gasteiger partial charge in [0, 0.05) is 12.6 Å². The van der Waals surface area contributed by atoms with Crippen LogP contribution in [-0.2, 0) is 11.4 Å². The van der Waals surface area contributed by atoms with Crippen molar-refractivity contribution in [3.8, 4) is 0 Å². The largest absolute Gasteiger partial charge is 0.387 e. The first kappa shape index (κ1) is 20.1. The number of hydrogen-bond donors (Lipinski definition) is 4. The number of carbonyl (C=O) groups is 1. The number of aryl methyl sites for hydroxylation is 1. The third-order valence-corrected chi connectivity index (χ3v) is 5.10. The number of hydrogen-bond acceptors (Lipinski definition) is 7. The molecule has 1 unspecified atom stereocenters. The van der Waals surface area contributed by atoms with E-state index in [1.807, 2.05) is 0 Å². The number of para-hydroxylation sites is 1. The summed E-state index contributed by atoms with van der Waals surface area (Å²) < 4.78 is 1.80. The highest BCUT2D eigenvalue weighted by atomic mass is 35.5. The second-order valence-electron chi connectivity index (χ2n) is 6.80. The highest BCUT2D eigenvalue weighted by molar-refractivity contribution is 6.33. The summed E-state index contributed by atoms with van der Waals surface area (Å²) >= 11 is 6.33. The van der Waals surface area contributed by atoms with Crippen LogP contribution in [0.25, 0.3) is 0 Å². The van der Waals surface area contributed by atoms with Crippen LogP contribution in [0.3, 0.4) is 0 Å². The van der Waals surface area contributed by atoms with Gasteiger partial charge in [0.05, 0.1) is 58.9 Å². The number of amides is 1. The van der Waals surface area contributed by atoms with Crippen molar-refractivity contribution in [3.05, 3.63) is 59.0 Å². The fraction of sp³-hybridized carbons (Fsp3) is 0.250. The predicted octanol–water partition coefficient (Wildman–Crippen LogP) is 3.54. The minimum absolute atomic E-state index is 0.385. The molecule has 1 amide bonds. The van der Waals surface area contributed by atoms with E-state index in [1.165, 1.54) is 13.3 Å². The van der Waals surface area contributed by atoms with Crippen molar-refractivity contribution >= 4 is 40.4 Å². The lowest BCUT2D eigenvalue weighted by atomic mass is 10.1. The highest BCUT2D eigenvalue weighted by Gasteiger charge is 2.23. The van der Waals surface area contributed by atoms with Crippen molar-refractivity contribution in [2.24, 2.45) is 0 Å². The summed E-state index contributed by atoms with van der Waals surface area (Å²) in [6, 6.07) is 8.73. The molecule has 1 atom stereocenters. The van der Waals surface area contributed by atoms with Crippen LogP contribution in [0.5, 0.6) is 0 Å². The second kappa shape index (κ2) is 8.70. The number of pyridine rings is 1. The van der Waals surface area contributed by atoms with Crippen molar-refractivity contribution in [3.63, 3.8) is 0 Å². The molecule has 30 heavy (non-hydrogen) atoms. The number of nitrogens with zero attached hydrogens (tertiary/aromatic N) is 3. The topological polar surface area (TPSA) is 113 Å². The second-order valence-corrected chi connectivity index (χ2v) is 7.21. The number of hydroxylamine groups is 1. The van der Waals surface area contributed by atoms with Gasteiger partial charge in [-0.05, 0) is 25.0 Å². The zero-order valence-corrected chi connectivity index (χ0v) is 17.0. The molecule has 0 fully saturated rings. The van der Waals surface area contributed by atoms with E-state index in [9.17, 15) is 9.90 Å². The monoisotopic (exact) mass is 428 g/mol. The van der Waals surface area contributed by atoms with E-state index in [1.54, 1.807) is 41.2 Å². The number of halogens is 1. The average molecular weight is 429 g/mol. The molecule has 1 aromatic carbocycles. The molecule has 0 saturated carbocycles. The van der Waals surface area contributed by atoms with E-state index in [-0.39, 0.29) is 5.91 Å². The van der Waals surface area contributed by atoms with Gasteiger partial charge >= 0.3 is 0 Å². The minimum atomic E-state index is -0.570. The summed E-state index contributed by atoms with van der Waals surface area (Å²) in [5, 5.41) is 21.4. The van der Waals surface area contributed by atoms with Gasteiger partial charge in [0.1, 0.15) is 5.82 Å². The van der Waals surface area contributed by atoms with E-state index in [2.05, 4.69) is 26.2 Å². The molecule has 1 aliphatic heterocycles. The van der Waals surface area contributed by atoms with Gasteiger partial charge in [0.15, 0.2) is 0 Å². The van der Waals surface area contributed by atoms with Crippen LogP contribution in [0.2, 0.25) is 5.02 Å². The molecule has 9 nitrogen and oxygen atoms in total. The first-order chi connectivity index (χ1) is 14.6. The molecule has 2 aromatic heterocycles. The molecule has 3 heterocycles. The van der Waals surface area contributed by atoms with Crippen LogP contribution in [0.15, 0.2) is 42.7 Å². The van der Waals surface area contributed by atoms with Crippen molar-refractivity contribution in [1.82, 2.24) is 20.2 Å². The Hall–Kier alpha value is -3.14. The normalized spacial score (nSPS) is 15.4. The molecule has 0 aliphatic carbocycles. The first-order valence-electron chi connectivity index (χ1n) is 9.42. The molecule has 0 spiro atoms. The van der Waals surface area contributed by atoms with Crippen LogP contribution in [0.1, 0.15) is 35.0 Å². The van der Waals surface area contributed by atoms with Gasteiger partial charge in [-0.25, -0.2) is 10.5 Å². The fourth-order valence-electron chi connectivity index (χ4n) is 3.42. The van der Waals surface area contributed by atoms with E-state index < -0.39 is 6.10 Å². The smallest absolute Gasteiger partial charge is 0.276 e. The zero-order valence-electron chi connectivity index (χ0n) is 16.2. The van der Waals surface area contributed by atoms with Crippen LogP contribution in [0, 0.1) is 0 Å². The lowest BCUT2D eigenvalue weighted by Crippen LogP contribution is -2.22. The van der Waals surface area contributed by atoms with Gasteiger partial charge in [-0.15, -0.1) is 0 Å². The summed E-state index contributed by atoms with van der Waals surface area (Å²) in [6.45, 7) is 0.773. The van der Waals surface area contributed by atoms with Gasteiger partial charge in [0.2, 0.25) is 0 Å². The molecule has 0 radical (unpaired) electrons. The number of fused-ring (bicyclic) bond motifs is 1. The molecule has 4 N–H and O–H groups in total. The Bertz CT molecular complexity index is 1070. The summed E-state index contributed by atoms with van der Waals surface area (Å²) in [5.41, 5.74) is 5.27. The zero-order chi connectivity index (χ0) is 21.1. The number of rotatable bonds is 6. The molecule has 0 bridgehead atoms. The average Bonchev–Trinajstić information content (AvgIpc) is 3.15. The lowest BCUT2D eigenvalue weighted by Gasteiger charge is -2.20. The quantitative estimate of drug-likeness (QED) is 0.444. The van der Waals surface area contributed by atoms with Crippen LogP contribution in [-0.4, -0.2) is 32.9 Å². The summed E-state index contributed by atoms with van der Waals surface area (Å²) in [7, 11) is 1.37. The maximum absolute atomic E-state index is 12.2. The maximum atomic E-state index is 12.2. The van der Waals surface area contributed by atoms with Crippen molar-refractivity contribution < 1.29 is 14.7 Å². The van der Waals surface area contributed by atoms with E-state index in [4.69, 9.17) is 16.4 Å². The van der Waals surface area contributed by atoms with Crippen LogP contribution >= 0.6 is 11.6 Å². The number of anilines is 4. The van der Waals surface area contributed by atoms with Crippen molar-refractivity contribution in [2.75, 3.05) is 17.7 Å². The molecule has 1 aliphatic rings. The van der Waals surface area contributed by atoms with Crippen molar-refractivity contribution in [2.45, 2.75) is 25.5 Å². The number of benzene rings is 1. The molecular formula is C20H21ClN6O3. The Kier molecular flexibility index (Phi) is 5.84. The van der Waals surface area contributed by atoms with Gasteiger partial charge < -0.3 is 15.7 Å². The molecule has 4 rings (SSSR count). The molecule has 10 heteroatoms. The summed E-state index contributed by atoms with van der Waals surface area (Å²) in [4.78, 5) is 21.3. The maximum Gasteiger partial charge on any atom is 0.276 e. The van der Waals surface area contributed by atoms with Gasteiger partial charge in [0.25, 0.3) is 5.91 Å². The Morgan fingerprint density at radius 1 is 1.23 bits per heavy atom. The van der Waals surface area contributed by atoms with Crippen molar-refractivity contribution in [1.29, 1.82) is 0 Å². The number of carbonyl (C=O) groups excluding carboxylic acids is 1. The Labute approximate surface area is 178 Å². The lowest BCUT2D eigenvalue weighted by molar-refractivity contribution is 0.0538. The minimum Gasteiger partial charge on any atom is -0.387 e. The third-order valence-electron chi connectivity index (χ3n) is 4.80. The van der Waals surface area contributed by atoms with Crippen LogP contribution in [0.4, 0.5) is 22.9 Å². The molecule has 3 aromatic rings. The molecule has 0 saturated heterocycles. The van der Waals surface area contributed by atoms with Gasteiger partial charge in [-0.1, -0.05) is 23.7 Å². The molecule has 156 valence electrons. The SMILES string of the molecule is CONC(=O)c1ccccc1Nc1cc(Nc2cnn3c2C(O)CCC3)ncc1Cl. The third kappa shape index (κ3) is 4.09. The van der Waals surface area contributed by atoms with E-state index in [0.717, 1.165) is 18.7 Å². The van der Waals surface area contributed by atoms with E-state index in [0.29, 0.717) is 39.9 Å². The number of nitrogens with one attached hydrogen (secondary N) is 3. The standard InChI is InChI=1S/C20H21ClN6O3/c1-30-26-20(29)12-5-2-3-6-14(12)24-15-9-18(22-10-13(15)21)25-16-11-23-27-8-4-7-17(28)19(16)27/h2-3,5-6,9-11,17,28H,4,7-8H2,1H3,(H,26,29)(H2,22,24,25). The van der Waals surface area contributed by atoms with Gasteiger partial charge in [-0.3, -0.25) is 14.3 Å². The fourth-order valence-corrected chi connectivity index (χ4v) is 3.57. The van der Waals surface area contributed by atoms with Gasteiger partial charge in [-0.2, -0.15) is 5.10 Å². The van der Waals surface area contributed by atoms with Crippen LogP contribution < -0.4 is 16.1 Å². The summed E-state index contributed by atoms with van der Waals surface area (Å²) in [6.07, 6.45) is 4.20. The predicted molar refractivity (Wildman–Crippen MR) is 113 cm³/mol. The number of aliphatic hydroxyl groups excluding tert-OH is 1. The Morgan fingerprint density at radius 2 is 2.07 bits per heavy atom. The van der Waals surface area contributed by atoms with E-state index >= 15 is 0 Å². The first-order valence-corrected chi connectivity index (χ1v) is 9.80. The molecular weight excluding hydrogens is 408 g/mol. The Morgan fingerprint density at radius 3 is 2.90 bits per heavy atom. The Balaban J connectivity index is 1.60. The number of aliphatic hydroxyl groups is 1. The highest BCUT2D eigenvalue weighted by Crippen LogP contribution is 2.34. The number of aromatic nitrogens is 3.